The van der Waals surface area contributed by atoms with Gasteiger partial charge in [-0.25, -0.2) is 9.18 Å². The summed E-state index contributed by atoms with van der Waals surface area (Å²) in [5.74, 6) is 5.17. The van der Waals surface area contributed by atoms with Crippen LogP contribution in [0.3, 0.4) is 0 Å². The van der Waals surface area contributed by atoms with Crippen molar-refractivity contribution in [2.45, 2.75) is 32.9 Å². The van der Waals surface area contributed by atoms with E-state index in [1.54, 1.807) is 12.3 Å². The molecule has 0 bridgehead atoms. The van der Waals surface area contributed by atoms with Gasteiger partial charge in [-0.3, -0.25) is 15.8 Å². The molecular weight excluding hydrogens is 333 g/mol. The van der Waals surface area contributed by atoms with Crippen LogP contribution in [0.1, 0.15) is 26.3 Å². The molecule has 5 nitrogen and oxygen atoms in total. The lowest BCUT2D eigenvalue weighted by molar-refractivity contribution is 0.0544. The first-order valence-electron chi connectivity index (χ1n) is 8.36. The van der Waals surface area contributed by atoms with Crippen molar-refractivity contribution in [3.63, 3.8) is 0 Å². The fourth-order valence-corrected chi connectivity index (χ4v) is 2.96. The fraction of sp³-hybridized carbons (Fsp3) is 0.250. The molecule has 3 aromatic rings. The van der Waals surface area contributed by atoms with E-state index in [4.69, 9.17) is 10.6 Å². The minimum absolute atomic E-state index is 0.338. The summed E-state index contributed by atoms with van der Waals surface area (Å²) in [5, 5.41) is 0.835. The molecule has 26 heavy (non-hydrogen) atoms. The predicted molar refractivity (Wildman–Crippen MR) is 100.0 cm³/mol. The van der Waals surface area contributed by atoms with Gasteiger partial charge in [0, 0.05) is 23.7 Å². The quantitative estimate of drug-likeness (QED) is 0.546. The van der Waals surface area contributed by atoms with Crippen LogP contribution in [0.4, 0.5) is 9.18 Å². The minimum Gasteiger partial charge on any atom is -0.443 e. The van der Waals surface area contributed by atoms with Crippen molar-refractivity contribution in [3.8, 4) is 11.1 Å². The standard InChI is InChI=1S/C20H22FN3O2/c1-20(2,3)26-19(25)24-12-16(13-6-4-8-15(21)10-13)18-14(11-23-22)7-5-9-17(18)24/h4-10,12,23H,11,22H2,1-3H3. The lowest BCUT2D eigenvalue weighted by Crippen LogP contribution is -2.26. The monoisotopic (exact) mass is 355 g/mol. The molecule has 1 heterocycles. The highest BCUT2D eigenvalue weighted by Crippen LogP contribution is 2.34. The van der Waals surface area contributed by atoms with Gasteiger partial charge in [-0.05, 0) is 50.1 Å². The van der Waals surface area contributed by atoms with E-state index in [-0.39, 0.29) is 5.82 Å². The molecule has 0 spiro atoms. The maximum atomic E-state index is 13.8. The molecule has 0 aliphatic heterocycles. The van der Waals surface area contributed by atoms with Crippen molar-refractivity contribution >= 4 is 17.0 Å². The molecule has 0 aliphatic rings. The maximum Gasteiger partial charge on any atom is 0.419 e. The molecule has 1 aromatic heterocycles. The summed E-state index contributed by atoms with van der Waals surface area (Å²) in [6.45, 7) is 5.85. The van der Waals surface area contributed by atoms with Crippen LogP contribution in [0, 0.1) is 5.82 Å². The molecular formula is C20H22FN3O2. The van der Waals surface area contributed by atoms with Crippen molar-refractivity contribution in [1.82, 2.24) is 9.99 Å². The lowest BCUT2D eigenvalue weighted by atomic mass is 10.0. The summed E-state index contributed by atoms with van der Waals surface area (Å²) < 4.78 is 20.7. The molecule has 0 unspecified atom stereocenters. The van der Waals surface area contributed by atoms with Gasteiger partial charge in [0.25, 0.3) is 0 Å². The first-order chi connectivity index (χ1) is 12.3. The summed E-state index contributed by atoms with van der Waals surface area (Å²) >= 11 is 0. The largest absolute Gasteiger partial charge is 0.443 e. The molecule has 0 saturated heterocycles. The fourth-order valence-electron chi connectivity index (χ4n) is 2.96. The molecule has 136 valence electrons. The summed E-state index contributed by atoms with van der Waals surface area (Å²) in [6, 6.07) is 11.9. The molecule has 0 atom stereocenters. The van der Waals surface area contributed by atoms with E-state index in [1.807, 2.05) is 45.0 Å². The second-order valence-electron chi connectivity index (χ2n) is 7.10. The average molecular weight is 355 g/mol. The molecule has 3 N–H and O–H groups in total. The predicted octanol–water partition coefficient (Wildman–Crippen LogP) is 4.19. The number of benzene rings is 2. The Bertz CT molecular complexity index is 957. The third-order valence-electron chi connectivity index (χ3n) is 3.93. The number of carbonyl (C=O) groups excluding carboxylic acids is 1. The Morgan fingerprint density at radius 3 is 2.62 bits per heavy atom. The zero-order valence-corrected chi connectivity index (χ0v) is 15.0. The second-order valence-corrected chi connectivity index (χ2v) is 7.10. The minimum atomic E-state index is -0.622. The van der Waals surface area contributed by atoms with Gasteiger partial charge in [-0.15, -0.1) is 0 Å². The number of halogens is 1. The average Bonchev–Trinajstić information content (AvgIpc) is 2.94. The van der Waals surface area contributed by atoms with Crippen LogP contribution in [0.2, 0.25) is 0 Å². The van der Waals surface area contributed by atoms with Crippen molar-refractivity contribution < 1.29 is 13.9 Å². The van der Waals surface area contributed by atoms with Gasteiger partial charge in [0.15, 0.2) is 0 Å². The number of nitrogens with zero attached hydrogens (tertiary/aromatic N) is 1. The van der Waals surface area contributed by atoms with E-state index in [9.17, 15) is 9.18 Å². The number of ether oxygens (including phenoxy) is 1. The van der Waals surface area contributed by atoms with E-state index in [2.05, 4.69) is 5.43 Å². The molecule has 2 aromatic carbocycles. The number of fused-ring (bicyclic) bond motifs is 1. The number of rotatable bonds is 3. The van der Waals surface area contributed by atoms with Crippen LogP contribution < -0.4 is 11.3 Å². The van der Waals surface area contributed by atoms with Crippen LogP contribution in [0.25, 0.3) is 22.0 Å². The van der Waals surface area contributed by atoms with Crippen LogP contribution in [-0.4, -0.2) is 16.3 Å². The summed E-state index contributed by atoms with van der Waals surface area (Å²) in [6.07, 6.45) is 1.20. The number of nitrogens with one attached hydrogen (secondary N) is 1. The number of carbonyl (C=O) groups is 1. The van der Waals surface area contributed by atoms with E-state index in [0.717, 1.165) is 16.5 Å². The highest BCUT2D eigenvalue weighted by atomic mass is 19.1. The highest BCUT2D eigenvalue weighted by Gasteiger charge is 2.22. The van der Waals surface area contributed by atoms with Crippen molar-refractivity contribution in [2.24, 2.45) is 5.84 Å². The number of aromatic nitrogens is 1. The van der Waals surface area contributed by atoms with E-state index in [0.29, 0.717) is 17.6 Å². The smallest absolute Gasteiger partial charge is 0.419 e. The zero-order valence-electron chi connectivity index (χ0n) is 15.0. The van der Waals surface area contributed by atoms with Gasteiger partial charge in [0.2, 0.25) is 0 Å². The second kappa shape index (κ2) is 6.90. The normalized spacial score (nSPS) is 11.7. The third-order valence-corrected chi connectivity index (χ3v) is 3.93. The molecule has 0 aliphatic carbocycles. The van der Waals surface area contributed by atoms with Gasteiger partial charge in [0.1, 0.15) is 11.4 Å². The maximum absolute atomic E-state index is 13.8. The Labute approximate surface area is 151 Å². The molecule has 0 radical (unpaired) electrons. The summed E-state index contributed by atoms with van der Waals surface area (Å²) in [4.78, 5) is 12.7. The molecule has 0 saturated carbocycles. The topological polar surface area (TPSA) is 69.3 Å². The SMILES string of the molecule is CC(C)(C)OC(=O)n1cc(-c2cccc(F)c2)c2c(CNN)cccc21. The van der Waals surface area contributed by atoms with Crippen molar-refractivity contribution in [3.05, 3.63) is 60.0 Å². The van der Waals surface area contributed by atoms with E-state index in [1.165, 1.54) is 16.7 Å². The van der Waals surface area contributed by atoms with Crippen molar-refractivity contribution in [1.29, 1.82) is 0 Å². The van der Waals surface area contributed by atoms with Crippen LogP contribution >= 0.6 is 0 Å². The van der Waals surface area contributed by atoms with Crippen molar-refractivity contribution in [2.75, 3.05) is 0 Å². The van der Waals surface area contributed by atoms with Gasteiger partial charge in [0.05, 0.1) is 5.52 Å². The number of nitrogens with two attached hydrogens (primary N) is 1. The Hall–Kier alpha value is -2.70. The first-order valence-corrected chi connectivity index (χ1v) is 8.36. The molecule has 0 fully saturated rings. The number of hydrogen-bond donors (Lipinski definition) is 2. The third kappa shape index (κ3) is 3.61. The Kier molecular flexibility index (Phi) is 4.80. The molecule has 0 amide bonds. The molecule has 3 rings (SSSR count). The molecule has 6 heteroatoms. The Morgan fingerprint density at radius 1 is 1.23 bits per heavy atom. The van der Waals surface area contributed by atoms with E-state index < -0.39 is 11.7 Å². The van der Waals surface area contributed by atoms with Gasteiger partial charge >= 0.3 is 6.09 Å². The van der Waals surface area contributed by atoms with E-state index >= 15 is 0 Å². The van der Waals surface area contributed by atoms with Gasteiger partial charge in [-0.2, -0.15) is 0 Å². The Morgan fingerprint density at radius 2 is 1.96 bits per heavy atom. The van der Waals surface area contributed by atoms with Gasteiger partial charge < -0.3 is 4.74 Å². The Balaban J connectivity index is 2.25. The lowest BCUT2D eigenvalue weighted by Gasteiger charge is -2.19. The zero-order chi connectivity index (χ0) is 18.9. The number of hydrogen-bond acceptors (Lipinski definition) is 4. The summed E-state index contributed by atoms with van der Waals surface area (Å²) in [7, 11) is 0. The first kappa shape index (κ1) is 18.1. The number of hydrazine groups is 1. The summed E-state index contributed by atoms with van der Waals surface area (Å²) in [5.41, 5.74) is 5.05. The van der Waals surface area contributed by atoms with Crippen LogP contribution in [-0.2, 0) is 11.3 Å². The highest BCUT2D eigenvalue weighted by molar-refractivity contribution is 6.02. The van der Waals surface area contributed by atoms with Crippen LogP contribution in [0.15, 0.2) is 48.7 Å². The van der Waals surface area contributed by atoms with Gasteiger partial charge in [-0.1, -0.05) is 24.3 Å². The van der Waals surface area contributed by atoms with Crippen LogP contribution in [0.5, 0.6) is 0 Å².